The average molecular weight is 353 g/mol. The Kier molecular flexibility index (Phi) is 5.03. The molecule has 136 valence electrons. The topological polar surface area (TPSA) is 115 Å². The van der Waals surface area contributed by atoms with Crippen molar-refractivity contribution in [3.05, 3.63) is 11.6 Å². The maximum atomic E-state index is 12.2. The smallest absolute Gasteiger partial charge is 0.326 e. The summed E-state index contributed by atoms with van der Waals surface area (Å²) in [6.45, 7) is 1.04. The first-order valence-electron chi connectivity index (χ1n) is 8.32. The molecule has 0 saturated carbocycles. The first-order chi connectivity index (χ1) is 11.9. The van der Waals surface area contributed by atoms with Gasteiger partial charge in [0.2, 0.25) is 5.91 Å². The van der Waals surface area contributed by atoms with Crippen molar-refractivity contribution in [1.82, 2.24) is 4.90 Å². The van der Waals surface area contributed by atoms with Gasteiger partial charge in [-0.25, -0.2) is 0 Å². The van der Waals surface area contributed by atoms with Gasteiger partial charge in [0.1, 0.15) is 19.7 Å². The van der Waals surface area contributed by atoms with Crippen molar-refractivity contribution in [3.63, 3.8) is 0 Å². The molecule has 0 aromatic rings. The number of nitrogens with zero attached hydrogens (tertiary/aromatic N) is 1. The minimum absolute atomic E-state index is 0.00557. The number of amides is 1. The number of hydrogen-bond acceptors (Lipinski definition) is 6. The van der Waals surface area contributed by atoms with Crippen molar-refractivity contribution in [2.24, 2.45) is 0 Å². The van der Waals surface area contributed by atoms with Gasteiger partial charge in [-0.2, -0.15) is 0 Å². The molecule has 3 aliphatic heterocycles. The number of aliphatic carboxylic acids is 1. The summed E-state index contributed by atoms with van der Waals surface area (Å²) in [7, 11) is 0. The van der Waals surface area contributed by atoms with Crippen LogP contribution >= 0.6 is 0 Å². The number of esters is 2. The fourth-order valence-electron chi connectivity index (χ4n) is 3.64. The number of nitrogens with one attached hydrogen (secondary N) is 1. The van der Waals surface area contributed by atoms with E-state index in [1.54, 1.807) is 0 Å². The molecule has 3 rings (SSSR count). The van der Waals surface area contributed by atoms with E-state index in [-0.39, 0.29) is 38.1 Å². The Morgan fingerprint density at radius 1 is 1.24 bits per heavy atom. The quantitative estimate of drug-likeness (QED) is 0.435. The van der Waals surface area contributed by atoms with Crippen LogP contribution < -0.4 is 4.90 Å². The summed E-state index contributed by atoms with van der Waals surface area (Å²) in [5.74, 6) is -2.92. The highest BCUT2D eigenvalue weighted by Gasteiger charge is 2.46. The van der Waals surface area contributed by atoms with Gasteiger partial charge in [-0.3, -0.25) is 19.2 Å². The van der Waals surface area contributed by atoms with Gasteiger partial charge < -0.3 is 24.4 Å². The van der Waals surface area contributed by atoms with Crippen molar-refractivity contribution in [2.75, 3.05) is 32.8 Å². The van der Waals surface area contributed by atoms with Gasteiger partial charge in [-0.1, -0.05) is 0 Å². The largest absolute Gasteiger partial charge is 0.481 e. The van der Waals surface area contributed by atoms with E-state index in [1.807, 2.05) is 6.08 Å². The van der Waals surface area contributed by atoms with E-state index in [2.05, 4.69) is 0 Å². The number of carbonyl (C=O) groups is 4. The van der Waals surface area contributed by atoms with Crippen LogP contribution in [-0.2, 0) is 28.7 Å². The van der Waals surface area contributed by atoms with Crippen molar-refractivity contribution in [2.45, 2.75) is 31.4 Å². The molecule has 0 spiro atoms. The van der Waals surface area contributed by atoms with Gasteiger partial charge in [0.25, 0.3) is 0 Å². The highest BCUT2D eigenvalue weighted by atomic mass is 16.6. The van der Waals surface area contributed by atoms with Gasteiger partial charge in [-0.15, -0.1) is 0 Å². The van der Waals surface area contributed by atoms with Gasteiger partial charge in [0.05, 0.1) is 19.5 Å². The molecule has 0 aromatic carbocycles. The standard InChI is InChI=1S/C16H20N2O7/c19-12(1-2-13(20)21)18-7-14(22)24-9-10-3-5-17-6-4-11(16(10)17)25-15(23)8-18/h3,11,16H,1-2,4-9H2,(H,20,21)/p+1/t11-,16-/m1/s1. The lowest BCUT2D eigenvalue weighted by atomic mass is 10.1. The van der Waals surface area contributed by atoms with Crippen LogP contribution in [0.3, 0.4) is 0 Å². The Morgan fingerprint density at radius 3 is 2.76 bits per heavy atom. The van der Waals surface area contributed by atoms with Crippen molar-refractivity contribution in [1.29, 1.82) is 0 Å². The molecule has 0 aliphatic carbocycles. The zero-order valence-corrected chi connectivity index (χ0v) is 13.7. The van der Waals surface area contributed by atoms with E-state index < -0.39 is 30.4 Å². The Morgan fingerprint density at radius 2 is 2.00 bits per heavy atom. The van der Waals surface area contributed by atoms with Crippen LogP contribution in [0.1, 0.15) is 19.3 Å². The fraction of sp³-hybridized carbons (Fsp3) is 0.625. The van der Waals surface area contributed by atoms with E-state index >= 15 is 0 Å². The summed E-state index contributed by atoms with van der Waals surface area (Å²) in [5.41, 5.74) is 0.948. The molecule has 1 unspecified atom stereocenters. The molecule has 2 N–H and O–H groups in total. The monoisotopic (exact) mass is 353 g/mol. The second kappa shape index (κ2) is 7.22. The van der Waals surface area contributed by atoms with Gasteiger partial charge in [0.15, 0.2) is 12.1 Å². The Hall–Kier alpha value is -2.42. The number of hydrogen-bond donors (Lipinski definition) is 2. The summed E-state index contributed by atoms with van der Waals surface area (Å²) in [6, 6.07) is 0.00557. The molecule has 3 heterocycles. The summed E-state index contributed by atoms with van der Waals surface area (Å²) in [4.78, 5) is 49.3. The number of rotatable bonds is 3. The SMILES string of the molecule is O=C(O)CCC(=O)N1CC(=O)OCC2=CC[NH+]3CC[C@@H](OC(=O)C1)[C@@H]23. The van der Waals surface area contributed by atoms with Crippen LogP contribution in [0.4, 0.5) is 0 Å². The minimum Gasteiger partial charge on any atom is -0.481 e. The van der Waals surface area contributed by atoms with E-state index in [0.717, 1.165) is 30.0 Å². The summed E-state index contributed by atoms with van der Waals surface area (Å²) >= 11 is 0. The highest BCUT2D eigenvalue weighted by molar-refractivity contribution is 5.87. The number of ether oxygens (including phenoxy) is 2. The Balaban J connectivity index is 1.72. The Labute approximate surface area is 144 Å². The van der Waals surface area contributed by atoms with Gasteiger partial charge >= 0.3 is 17.9 Å². The third-order valence-corrected chi connectivity index (χ3v) is 4.82. The van der Waals surface area contributed by atoms with Gasteiger partial charge in [-0.05, 0) is 6.08 Å². The zero-order valence-electron chi connectivity index (χ0n) is 13.7. The molecule has 1 amide bonds. The molecule has 0 radical (unpaired) electrons. The predicted molar refractivity (Wildman–Crippen MR) is 81.5 cm³/mol. The molecule has 25 heavy (non-hydrogen) atoms. The van der Waals surface area contributed by atoms with Crippen LogP contribution in [0.5, 0.6) is 0 Å². The number of quaternary nitrogens is 1. The predicted octanol–water partition coefficient (Wildman–Crippen LogP) is -2.25. The third kappa shape index (κ3) is 3.98. The summed E-state index contributed by atoms with van der Waals surface area (Å²) in [5, 5.41) is 8.69. The van der Waals surface area contributed by atoms with E-state index in [1.165, 1.54) is 4.90 Å². The van der Waals surface area contributed by atoms with Crippen LogP contribution in [-0.4, -0.2) is 78.8 Å². The molecule has 2 saturated heterocycles. The normalized spacial score (nSPS) is 29.2. The van der Waals surface area contributed by atoms with Crippen LogP contribution in [0.15, 0.2) is 11.6 Å². The lowest BCUT2D eigenvalue weighted by Gasteiger charge is -2.22. The lowest BCUT2D eigenvalue weighted by molar-refractivity contribution is -0.896. The maximum Gasteiger partial charge on any atom is 0.326 e. The summed E-state index contributed by atoms with van der Waals surface area (Å²) < 4.78 is 10.8. The lowest BCUT2D eigenvalue weighted by Crippen LogP contribution is -3.12. The number of carbonyl (C=O) groups excluding carboxylic acids is 3. The number of carboxylic acid groups (broad SMARTS) is 1. The first-order valence-corrected chi connectivity index (χ1v) is 8.32. The first kappa shape index (κ1) is 17.4. The molecular formula is C16H21N2O7+. The molecule has 9 heteroatoms. The zero-order chi connectivity index (χ0) is 18.0. The maximum absolute atomic E-state index is 12.2. The highest BCUT2D eigenvalue weighted by Crippen LogP contribution is 2.20. The van der Waals surface area contributed by atoms with E-state index in [9.17, 15) is 19.2 Å². The third-order valence-electron chi connectivity index (χ3n) is 4.82. The fourth-order valence-corrected chi connectivity index (χ4v) is 3.64. The molecule has 0 bridgehead atoms. The average Bonchev–Trinajstić information content (AvgIpc) is 3.12. The molecular weight excluding hydrogens is 332 g/mol. The second-order valence-electron chi connectivity index (χ2n) is 6.49. The van der Waals surface area contributed by atoms with Gasteiger partial charge in [0, 0.05) is 18.4 Å². The molecule has 9 nitrogen and oxygen atoms in total. The van der Waals surface area contributed by atoms with Crippen molar-refractivity contribution >= 4 is 23.8 Å². The van der Waals surface area contributed by atoms with Crippen molar-refractivity contribution in [3.8, 4) is 0 Å². The molecule has 3 atom stereocenters. The van der Waals surface area contributed by atoms with E-state index in [4.69, 9.17) is 14.6 Å². The van der Waals surface area contributed by atoms with Crippen LogP contribution in [0.2, 0.25) is 0 Å². The van der Waals surface area contributed by atoms with E-state index in [0.29, 0.717) is 0 Å². The molecule has 2 fully saturated rings. The Bertz CT molecular complexity index is 630. The second-order valence-corrected chi connectivity index (χ2v) is 6.49. The summed E-state index contributed by atoms with van der Waals surface area (Å²) in [6.07, 6.45) is 1.80. The molecule has 3 aliphatic rings. The number of cyclic esters (lactones) is 1. The minimum atomic E-state index is -1.12. The number of carboxylic acids is 1. The molecule has 0 aromatic heterocycles. The van der Waals surface area contributed by atoms with Crippen LogP contribution in [0.25, 0.3) is 0 Å². The van der Waals surface area contributed by atoms with Crippen molar-refractivity contribution < 1.29 is 38.7 Å². The van der Waals surface area contributed by atoms with Crippen LogP contribution in [0, 0.1) is 0 Å².